The van der Waals surface area contributed by atoms with Crippen molar-refractivity contribution in [2.45, 2.75) is 11.8 Å². The van der Waals surface area contributed by atoms with Crippen molar-refractivity contribution in [3.63, 3.8) is 0 Å². The Hall–Kier alpha value is -2.94. The lowest BCUT2D eigenvalue weighted by atomic mass is 10.1. The van der Waals surface area contributed by atoms with Crippen LogP contribution in [0.3, 0.4) is 0 Å². The summed E-state index contributed by atoms with van der Waals surface area (Å²) in [6.45, 7) is 1.21. The fraction of sp³-hybridized carbons (Fsp3) is 0.0714. The number of benzene rings is 2. The first-order valence-electron chi connectivity index (χ1n) is 6.32. The van der Waals surface area contributed by atoms with Crippen LogP contribution in [-0.4, -0.2) is 24.2 Å². The summed E-state index contributed by atoms with van der Waals surface area (Å²) < 4.78 is 26.9. The van der Waals surface area contributed by atoms with Gasteiger partial charge in [0.25, 0.3) is 15.7 Å². The summed E-state index contributed by atoms with van der Waals surface area (Å²) in [5.41, 5.74) is -0.705. The Morgan fingerprint density at radius 2 is 1.87 bits per heavy atom. The highest BCUT2D eigenvalue weighted by atomic mass is 32.2. The molecule has 2 aromatic carbocycles. The number of aromatic hydroxyl groups is 1. The van der Waals surface area contributed by atoms with Gasteiger partial charge in [0.05, 0.1) is 10.6 Å². The number of nitro benzene ring substituents is 1. The Morgan fingerprint density at radius 1 is 1.22 bits per heavy atom. The molecule has 0 radical (unpaired) electrons. The number of nitrogens with zero attached hydrogens (tertiary/aromatic N) is 1. The summed E-state index contributed by atoms with van der Waals surface area (Å²) in [4.78, 5) is 21.2. The molecule has 0 fully saturated rings. The summed E-state index contributed by atoms with van der Waals surface area (Å²) >= 11 is 0. The maximum absolute atomic E-state index is 12.4. The second-order valence-corrected chi connectivity index (χ2v) is 6.27. The molecule has 2 rings (SSSR count). The molecule has 8 nitrogen and oxygen atoms in total. The fourth-order valence-electron chi connectivity index (χ4n) is 1.95. The van der Waals surface area contributed by atoms with Crippen LogP contribution < -0.4 is 4.72 Å². The number of phenols is 1. The molecule has 2 N–H and O–H groups in total. The SMILES string of the molecule is CC(=O)c1cc(O)ccc1NS(=O)(=O)c1ccccc1[N+](=O)[O-]. The van der Waals surface area contributed by atoms with Gasteiger partial charge >= 0.3 is 0 Å². The lowest BCUT2D eigenvalue weighted by Crippen LogP contribution is -2.16. The van der Waals surface area contributed by atoms with Gasteiger partial charge in [0.2, 0.25) is 0 Å². The number of carbonyl (C=O) groups excluding carboxylic acids is 1. The van der Waals surface area contributed by atoms with Gasteiger partial charge in [-0.25, -0.2) is 8.42 Å². The smallest absolute Gasteiger partial charge is 0.289 e. The number of Topliss-reactive ketones (excluding diaryl/α,β-unsaturated/α-hetero) is 1. The number of para-hydroxylation sites is 1. The Morgan fingerprint density at radius 3 is 2.48 bits per heavy atom. The molecule has 0 saturated carbocycles. The van der Waals surface area contributed by atoms with Crippen molar-refractivity contribution in [2.75, 3.05) is 4.72 Å². The average Bonchev–Trinajstić information content (AvgIpc) is 2.48. The summed E-state index contributed by atoms with van der Waals surface area (Å²) in [6, 6.07) is 8.37. The summed E-state index contributed by atoms with van der Waals surface area (Å²) in [7, 11) is -4.28. The number of nitrogens with one attached hydrogen (secondary N) is 1. The van der Waals surface area contributed by atoms with Crippen LogP contribution in [0, 0.1) is 10.1 Å². The molecule has 23 heavy (non-hydrogen) atoms. The van der Waals surface area contributed by atoms with Crippen molar-refractivity contribution in [2.24, 2.45) is 0 Å². The predicted octanol–water partition coefficient (Wildman–Crippen LogP) is 2.30. The molecule has 0 unspecified atom stereocenters. The van der Waals surface area contributed by atoms with Crippen LogP contribution in [0.4, 0.5) is 11.4 Å². The van der Waals surface area contributed by atoms with Crippen LogP contribution in [0.2, 0.25) is 0 Å². The van der Waals surface area contributed by atoms with E-state index in [0.29, 0.717) is 0 Å². The largest absolute Gasteiger partial charge is 0.508 e. The first-order valence-corrected chi connectivity index (χ1v) is 7.81. The van der Waals surface area contributed by atoms with Crippen molar-refractivity contribution in [3.8, 4) is 5.75 Å². The van der Waals surface area contributed by atoms with Gasteiger partial charge in [-0.05, 0) is 31.2 Å². The number of sulfonamides is 1. The highest BCUT2D eigenvalue weighted by molar-refractivity contribution is 7.92. The predicted molar refractivity (Wildman–Crippen MR) is 82.0 cm³/mol. The third kappa shape index (κ3) is 3.46. The molecule has 0 heterocycles. The lowest BCUT2D eigenvalue weighted by molar-refractivity contribution is -0.387. The number of phenolic OH excluding ortho intramolecular Hbond substituents is 1. The molecular weight excluding hydrogens is 324 g/mol. The van der Waals surface area contributed by atoms with E-state index in [2.05, 4.69) is 4.72 Å². The van der Waals surface area contributed by atoms with Crippen molar-refractivity contribution in [1.29, 1.82) is 0 Å². The Balaban J connectivity index is 2.52. The Labute approximate surface area is 131 Å². The zero-order valence-electron chi connectivity index (χ0n) is 11.9. The van der Waals surface area contributed by atoms with Gasteiger partial charge in [-0.1, -0.05) is 12.1 Å². The molecule has 120 valence electrons. The Kier molecular flexibility index (Phi) is 4.32. The average molecular weight is 336 g/mol. The van der Waals surface area contributed by atoms with E-state index in [1.807, 2.05) is 0 Å². The third-order valence-corrected chi connectivity index (χ3v) is 4.39. The van der Waals surface area contributed by atoms with Gasteiger partial charge in [-0.2, -0.15) is 0 Å². The van der Waals surface area contributed by atoms with Gasteiger partial charge in [-0.3, -0.25) is 19.6 Å². The van der Waals surface area contributed by atoms with Crippen molar-refractivity contribution in [1.82, 2.24) is 0 Å². The number of hydrogen-bond donors (Lipinski definition) is 2. The highest BCUT2D eigenvalue weighted by Crippen LogP contribution is 2.28. The highest BCUT2D eigenvalue weighted by Gasteiger charge is 2.26. The van der Waals surface area contributed by atoms with Gasteiger partial charge < -0.3 is 5.11 Å². The van der Waals surface area contributed by atoms with E-state index in [9.17, 15) is 28.4 Å². The van der Waals surface area contributed by atoms with Crippen LogP contribution >= 0.6 is 0 Å². The van der Waals surface area contributed by atoms with Crippen molar-refractivity contribution in [3.05, 3.63) is 58.1 Å². The fourth-order valence-corrected chi connectivity index (χ4v) is 3.20. The van der Waals surface area contributed by atoms with E-state index in [4.69, 9.17) is 0 Å². The van der Waals surface area contributed by atoms with E-state index in [-0.39, 0.29) is 17.0 Å². The number of rotatable bonds is 5. The van der Waals surface area contributed by atoms with Crippen LogP contribution in [0.1, 0.15) is 17.3 Å². The van der Waals surface area contributed by atoms with Gasteiger partial charge in [-0.15, -0.1) is 0 Å². The summed E-state index contributed by atoms with van der Waals surface area (Å²) in [6.07, 6.45) is 0. The molecule has 0 aliphatic carbocycles. The molecule has 0 spiro atoms. The molecule has 9 heteroatoms. The second kappa shape index (κ2) is 6.05. The molecule has 0 atom stereocenters. The van der Waals surface area contributed by atoms with E-state index in [1.54, 1.807) is 0 Å². The maximum Gasteiger partial charge on any atom is 0.289 e. The quantitative estimate of drug-likeness (QED) is 0.373. The molecule has 0 aliphatic rings. The molecule has 0 aliphatic heterocycles. The first-order chi connectivity index (χ1) is 10.7. The minimum atomic E-state index is -4.28. The van der Waals surface area contributed by atoms with Crippen LogP contribution in [0.5, 0.6) is 5.75 Å². The van der Waals surface area contributed by atoms with E-state index in [0.717, 1.165) is 18.2 Å². The zero-order chi connectivity index (χ0) is 17.2. The minimum absolute atomic E-state index is 0.0489. The topological polar surface area (TPSA) is 127 Å². The number of nitro groups is 1. The second-order valence-electron chi connectivity index (χ2n) is 4.62. The normalized spacial score (nSPS) is 11.0. The standard InChI is InChI=1S/C14H12N2O6S/c1-9(17)11-8-10(18)6-7-12(11)15-23(21,22)14-5-3-2-4-13(14)16(19)20/h2-8,15,18H,1H3. The molecule has 0 bridgehead atoms. The van der Waals surface area contributed by atoms with E-state index >= 15 is 0 Å². The van der Waals surface area contributed by atoms with Crippen LogP contribution in [0.15, 0.2) is 47.4 Å². The van der Waals surface area contributed by atoms with Crippen LogP contribution in [-0.2, 0) is 10.0 Å². The number of hydrogen-bond acceptors (Lipinski definition) is 6. The van der Waals surface area contributed by atoms with Gasteiger partial charge in [0.1, 0.15) is 5.75 Å². The van der Waals surface area contributed by atoms with E-state index < -0.39 is 31.3 Å². The lowest BCUT2D eigenvalue weighted by Gasteiger charge is -2.11. The Bertz CT molecular complexity index is 892. The van der Waals surface area contributed by atoms with Crippen molar-refractivity contribution >= 4 is 27.2 Å². The maximum atomic E-state index is 12.4. The molecule has 0 saturated heterocycles. The summed E-state index contributed by atoms with van der Waals surface area (Å²) in [5.74, 6) is -0.676. The zero-order valence-corrected chi connectivity index (χ0v) is 12.7. The van der Waals surface area contributed by atoms with E-state index in [1.165, 1.54) is 31.2 Å². The molecule has 0 aromatic heterocycles. The first kappa shape index (κ1) is 16.4. The number of carbonyl (C=O) groups is 1. The minimum Gasteiger partial charge on any atom is -0.508 e. The molecule has 2 aromatic rings. The van der Waals surface area contributed by atoms with Crippen molar-refractivity contribution < 1.29 is 23.2 Å². The third-order valence-electron chi connectivity index (χ3n) is 2.98. The van der Waals surface area contributed by atoms with Gasteiger partial charge in [0, 0.05) is 11.6 Å². The molecular formula is C14H12N2O6S. The molecule has 0 amide bonds. The van der Waals surface area contributed by atoms with Crippen LogP contribution in [0.25, 0.3) is 0 Å². The number of anilines is 1. The number of ketones is 1. The summed E-state index contributed by atoms with van der Waals surface area (Å²) in [5, 5.41) is 20.4. The van der Waals surface area contributed by atoms with Gasteiger partial charge in [0.15, 0.2) is 10.7 Å². The monoisotopic (exact) mass is 336 g/mol.